The smallest absolute Gasteiger partial charge is 0.274 e. The van der Waals surface area contributed by atoms with Gasteiger partial charge in [-0.3, -0.25) is 9.59 Å². The number of carbonyl (C=O) groups is 2. The molecule has 190 valence electrons. The summed E-state index contributed by atoms with van der Waals surface area (Å²) in [6.45, 7) is 7.48. The Labute approximate surface area is 224 Å². The normalized spacial score (nSPS) is 22.9. The van der Waals surface area contributed by atoms with E-state index in [2.05, 4.69) is 35.7 Å². The van der Waals surface area contributed by atoms with Crippen LogP contribution in [0.25, 0.3) is 21.3 Å². The van der Waals surface area contributed by atoms with Crippen LogP contribution < -0.4 is 5.32 Å². The standard InChI is InChI=1S/C29H30N4O2S2/c1-16-7-6-8-19(11-16)26-25(31-18(3)36-26)29(35)33-15-20-12-17(2)13-22(20)24(33)14-30-28(34)27-21-9-4-5-10-23(21)32-37-27/h4-11,17,20,22,24H,12-15H2,1-3H3,(H,30,34)/t17?,20-,22-,24+/m0/s1. The number of hydrogen-bond acceptors (Lipinski definition) is 6. The van der Waals surface area contributed by atoms with Gasteiger partial charge in [0.15, 0.2) is 0 Å². The van der Waals surface area contributed by atoms with Gasteiger partial charge in [-0.05, 0) is 67.6 Å². The van der Waals surface area contributed by atoms with Crippen molar-refractivity contribution in [3.8, 4) is 10.4 Å². The number of likely N-dealkylation sites (tertiary alicyclic amines) is 1. The van der Waals surface area contributed by atoms with Gasteiger partial charge in [-0.2, -0.15) is 4.37 Å². The Balaban J connectivity index is 1.27. The van der Waals surface area contributed by atoms with Crippen LogP contribution in [0.5, 0.6) is 0 Å². The molecule has 0 radical (unpaired) electrons. The third-order valence-electron chi connectivity index (χ3n) is 7.85. The van der Waals surface area contributed by atoms with Crippen molar-refractivity contribution in [3.63, 3.8) is 0 Å². The Kier molecular flexibility index (Phi) is 6.32. The topological polar surface area (TPSA) is 75.2 Å². The van der Waals surface area contributed by atoms with Gasteiger partial charge in [0.2, 0.25) is 0 Å². The first-order chi connectivity index (χ1) is 17.9. The van der Waals surface area contributed by atoms with Gasteiger partial charge in [-0.25, -0.2) is 4.98 Å². The summed E-state index contributed by atoms with van der Waals surface area (Å²) in [7, 11) is 0. The number of aryl methyl sites for hydroxylation is 2. The molecule has 0 bridgehead atoms. The van der Waals surface area contributed by atoms with Gasteiger partial charge in [-0.1, -0.05) is 55.0 Å². The molecule has 3 heterocycles. The summed E-state index contributed by atoms with van der Waals surface area (Å²) >= 11 is 2.80. The van der Waals surface area contributed by atoms with Crippen molar-refractivity contribution in [1.82, 2.24) is 19.6 Å². The summed E-state index contributed by atoms with van der Waals surface area (Å²) in [5.74, 6) is 1.35. The van der Waals surface area contributed by atoms with E-state index in [9.17, 15) is 9.59 Å². The van der Waals surface area contributed by atoms with Gasteiger partial charge in [0.1, 0.15) is 10.6 Å². The fourth-order valence-electron chi connectivity index (χ4n) is 6.26. The van der Waals surface area contributed by atoms with Crippen LogP contribution >= 0.6 is 22.9 Å². The molecule has 1 N–H and O–H groups in total. The first-order valence-corrected chi connectivity index (χ1v) is 14.5. The van der Waals surface area contributed by atoms with Crippen LogP contribution in [0.15, 0.2) is 48.5 Å². The number of thiazole rings is 1. The Morgan fingerprint density at radius 3 is 2.78 bits per heavy atom. The molecule has 4 aromatic rings. The van der Waals surface area contributed by atoms with Crippen LogP contribution in [0.2, 0.25) is 0 Å². The number of rotatable bonds is 5. The van der Waals surface area contributed by atoms with E-state index in [4.69, 9.17) is 4.98 Å². The second kappa shape index (κ2) is 9.65. The van der Waals surface area contributed by atoms with Crippen molar-refractivity contribution in [2.75, 3.05) is 13.1 Å². The molecule has 2 fully saturated rings. The summed E-state index contributed by atoms with van der Waals surface area (Å²) in [5.41, 5.74) is 3.56. The number of nitrogens with zero attached hydrogens (tertiary/aromatic N) is 3. The zero-order valence-electron chi connectivity index (χ0n) is 21.2. The molecule has 2 aromatic carbocycles. The second-order valence-corrected chi connectivity index (χ2v) is 12.5. The molecule has 0 spiro atoms. The van der Waals surface area contributed by atoms with Crippen molar-refractivity contribution in [2.24, 2.45) is 17.8 Å². The minimum absolute atomic E-state index is 0.0228. The van der Waals surface area contributed by atoms with Crippen molar-refractivity contribution < 1.29 is 9.59 Å². The molecular formula is C29H30N4O2S2. The van der Waals surface area contributed by atoms with Gasteiger partial charge >= 0.3 is 0 Å². The molecule has 6 rings (SSSR count). The Morgan fingerprint density at radius 2 is 1.95 bits per heavy atom. The van der Waals surface area contributed by atoms with Crippen LogP contribution in [0, 0.1) is 31.6 Å². The van der Waals surface area contributed by atoms with E-state index < -0.39 is 0 Å². The first-order valence-electron chi connectivity index (χ1n) is 12.9. The van der Waals surface area contributed by atoms with Crippen molar-refractivity contribution in [3.05, 3.63) is 69.7 Å². The zero-order chi connectivity index (χ0) is 25.7. The lowest BCUT2D eigenvalue weighted by molar-refractivity contribution is 0.0693. The average Bonchev–Trinajstić information content (AvgIpc) is 3.64. The second-order valence-electron chi connectivity index (χ2n) is 10.5. The summed E-state index contributed by atoms with van der Waals surface area (Å²) in [6, 6.07) is 15.9. The largest absolute Gasteiger partial charge is 0.349 e. The summed E-state index contributed by atoms with van der Waals surface area (Å²) in [6.07, 6.45) is 2.21. The Hall–Kier alpha value is -3.10. The Morgan fingerprint density at radius 1 is 1.11 bits per heavy atom. The molecule has 2 aromatic heterocycles. The SMILES string of the molecule is Cc1cccc(-c2sc(C)nc2C(=O)N2C[C@@H]3CC(C)C[C@@H]3[C@H]2CNC(=O)c2snc3ccccc23)c1. The number of fused-ring (bicyclic) bond motifs is 2. The van der Waals surface area contributed by atoms with E-state index in [-0.39, 0.29) is 17.9 Å². The lowest BCUT2D eigenvalue weighted by Gasteiger charge is -2.28. The maximum Gasteiger partial charge on any atom is 0.274 e. The number of hydrogen-bond donors (Lipinski definition) is 1. The van der Waals surface area contributed by atoms with Crippen LogP contribution in [0.4, 0.5) is 0 Å². The molecule has 1 aliphatic carbocycles. The molecule has 1 unspecified atom stereocenters. The molecule has 4 atom stereocenters. The highest BCUT2D eigenvalue weighted by Crippen LogP contribution is 2.46. The minimum atomic E-state index is -0.120. The van der Waals surface area contributed by atoms with Crippen molar-refractivity contribution in [1.29, 1.82) is 0 Å². The fourth-order valence-corrected chi connectivity index (χ4v) is 7.94. The Bertz CT molecular complexity index is 1490. The number of benzene rings is 2. The molecular weight excluding hydrogens is 500 g/mol. The predicted octanol–water partition coefficient (Wildman–Crippen LogP) is 5.95. The van der Waals surface area contributed by atoms with Gasteiger partial charge in [0.25, 0.3) is 11.8 Å². The lowest BCUT2D eigenvalue weighted by Crippen LogP contribution is -2.46. The molecule has 2 amide bonds. The van der Waals surface area contributed by atoms with Gasteiger partial charge in [0.05, 0.1) is 21.4 Å². The van der Waals surface area contributed by atoms with E-state index in [1.807, 2.05) is 48.2 Å². The monoisotopic (exact) mass is 530 g/mol. The number of amides is 2. The molecule has 37 heavy (non-hydrogen) atoms. The van der Waals surface area contributed by atoms with E-state index in [0.29, 0.717) is 34.9 Å². The lowest BCUT2D eigenvalue weighted by atomic mass is 9.93. The summed E-state index contributed by atoms with van der Waals surface area (Å²) < 4.78 is 4.42. The third kappa shape index (κ3) is 4.46. The first kappa shape index (κ1) is 24.2. The molecule has 1 saturated heterocycles. The van der Waals surface area contributed by atoms with E-state index in [1.165, 1.54) is 11.5 Å². The highest BCUT2D eigenvalue weighted by Gasteiger charge is 2.48. The summed E-state index contributed by atoms with van der Waals surface area (Å²) in [5, 5.41) is 4.92. The van der Waals surface area contributed by atoms with E-state index in [1.54, 1.807) is 11.3 Å². The maximum absolute atomic E-state index is 14.1. The third-order valence-corrected chi connectivity index (χ3v) is 9.75. The van der Waals surface area contributed by atoms with Gasteiger partial charge in [0, 0.05) is 18.5 Å². The molecule has 1 aliphatic heterocycles. The molecule has 1 saturated carbocycles. The van der Waals surface area contributed by atoms with Gasteiger partial charge < -0.3 is 10.2 Å². The quantitative estimate of drug-likeness (QED) is 0.346. The number of aromatic nitrogens is 2. The van der Waals surface area contributed by atoms with Crippen molar-refractivity contribution >= 4 is 45.6 Å². The van der Waals surface area contributed by atoms with Crippen molar-refractivity contribution in [2.45, 2.75) is 39.7 Å². The van der Waals surface area contributed by atoms with Crippen LogP contribution in [-0.4, -0.2) is 45.2 Å². The predicted molar refractivity (Wildman–Crippen MR) is 149 cm³/mol. The van der Waals surface area contributed by atoms with E-state index in [0.717, 1.165) is 51.3 Å². The van der Waals surface area contributed by atoms with Crippen LogP contribution in [0.3, 0.4) is 0 Å². The molecule has 6 nitrogen and oxygen atoms in total. The van der Waals surface area contributed by atoms with Crippen LogP contribution in [-0.2, 0) is 0 Å². The molecule has 8 heteroatoms. The van der Waals surface area contributed by atoms with E-state index >= 15 is 0 Å². The number of carbonyl (C=O) groups excluding carboxylic acids is 2. The highest BCUT2D eigenvalue weighted by atomic mass is 32.1. The summed E-state index contributed by atoms with van der Waals surface area (Å²) in [4.78, 5) is 35.5. The fraction of sp³-hybridized carbons (Fsp3) is 0.379. The zero-order valence-corrected chi connectivity index (χ0v) is 22.9. The molecule has 2 aliphatic rings. The maximum atomic E-state index is 14.1. The number of nitrogens with one attached hydrogen (secondary N) is 1. The minimum Gasteiger partial charge on any atom is -0.349 e. The average molecular weight is 531 g/mol. The van der Waals surface area contributed by atoms with Gasteiger partial charge in [-0.15, -0.1) is 11.3 Å². The van der Waals surface area contributed by atoms with Crippen LogP contribution in [0.1, 0.15) is 50.5 Å². The highest BCUT2D eigenvalue weighted by molar-refractivity contribution is 7.15.